The molecule has 0 aliphatic heterocycles. The van der Waals surface area contributed by atoms with Gasteiger partial charge in [0.1, 0.15) is 5.75 Å². The highest BCUT2D eigenvalue weighted by Gasteiger charge is 2.19. The Kier molecular flexibility index (Phi) is 4.05. The van der Waals surface area contributed by atoms with E-state index in [1.807, 2.05) is 6.21 Å². The summed E-state index contributed by atoms with van der Waals surface area (Å²) >= 11 is 0. The van der Waals surface area contributed by atoms with E-state index in [-0.39, 0.29) is 0 Å². The van der Waals surface area contributed by atoms with Gasteiger partial charge in [0, 0.05) is 12.8 Å². The quantitative estimate of drug-likeness (QED) is 0.720. The van der Waals surface area contributed by atoms with Crippen molar-refractivity contribution in [3.8, 4) is 5.75 Å². The van der Waals surface area contributed by atoms with E-state index in [4.69, 9.17) is 4.74 Å². The Hall–Kier alpha value is -1.31. The monoisotopic (exact) mass is 245 g/mol. The fourth-order valence-corrected chi connectivity index (χ4v) is 2.08. The van der Waals surface area contributed by atoms with Crippen LogP contribution in [0.1, 0.15) is 49.3 Å². The van der Waals surface area contributed by atoms with Crippen molar-refractivity contribution in [1.29, 1.82) is 0 Å². The average molecular weight is 245 g/mol. The lowest BCUT2D eigenvalue weighted by atomic mass is 9.97. The molecule has 0 bridgehead atoms. The van der Waals surface area contributed by atoms with Gasteiger partial charge < -0.3 is 4.74 Å². The summed E-state index contributed by atoms with van der Waals surface area (Å²) in [5.41, 5.74) is 3.71. The van der Waals surface area contributed by atoms with Crippen molar-refractivity contribution in [3.05, 3.63) is 28.8 Å². The minimum absolute atomic E-state index is 0.469. The summed E-state index contributed by atoms with van der Waals surface area (Å²) in [6, 6.07) is 4.34. The van der Waals surface area contributed by atoms with Gasteiger partial charge in [-0.15, -0.1) is 0 Å². The molecule has 1 aromatic rings. The molecular formula is C16H23NO. The zero-order valence-electron chi connectivity index (χ0n) is 11.9. The zero-order chi connectivity index (χ0) is 13.1. The van der Waals surface area contributed by atoms with Gasteiger partial charge >= 0.3 is 0 Å². The average Bonchev–Trinajstić information content (AvgIpc) is 3.14. The van der Waals surface area contributed by atoms with Crippen LogP contribution in [0.5, 0.6) is 5.75 Å². The van der Waals surface area contributed by atoms with Crippen molar-refractivity contribution in [2.24, 2.45) is 10.9 Å². The first-order valence-corrected chi connectivity index (χ1v) is 6.80. The Balaban J connectivity index is 2.22. The van der Waals surface area contributed by atoms with E-state index in [0.717, 1.165) is 18.2 Å². The molecule has 2 nitrogen and oxygen atoms in total. The second kappa shape index (κ2) is 5.55. The van der Waals surface area contributed by atoms with Crippen molar-refractivity contribution in [3.63, 3.8) is 0 Å². The molecule has 2 rings (SSSR count). The molecule has 0 aromatic heterocycles. The Morgan fingerprint density at radius 2 is 2.11 bits per heavy atom. The molecular weight excluding hydrogens is 222 g/mol. The molecule has 1 fully saturated rings. The first-order chi connectivity index (χ1) is 8.61. The number of rotatable bonds is 5. The minimum Gasteiger partial charge on any atom is -0.496 e. The molecule has 0 atom stereocenters. The molecule has 1 saturated carbocycles. The summed E-state index contributed by atoms with van der Waals surface area (Å²) in [5, 5.41) is 0. The van der Waals surface area contributed by atoms with Crippen molar-refractivity contribution in [2.45, 2.75) is 39.5 Å². The Morgan fingerprint density at radius 3 is 2.67 bits per heavy atom. The number of benzene rings is 1. The largest absolute Gasteiger partial charge is 0.496 e. The number of aliphatic imine (C=N–C) groups is 1. The minimum atomic E-state index is 0.469. The van der Waals surface area contributed by atoms with Gasteiger partial charge in [0.25, 0.3) is 0 Å². The maximum atomic E-state index is 5.45. The van der Waals surface area contributed by atoms with E-state index < -0.39 is 0 Å². The maximum Gasteiger partial charge on any atom is 0.122 e. The number of hydrogen-bond acceptors (Lipinski definition) is 2. The normalized spacial score (nSPS) is 15.6. The lowest BCUT2D eigenvalue weighted by Gasteiger charge is -2.14. The highest BCUT2D eigenvalue weighted by Crippen LogP contribution is 2.30. The number of ether oxygens (including phenoxy) is 1. The van der Waals surface area contributed by atoms with Crippen LogP contribution in [-0.2, 0) is 0 Å². The summed E-state index contributed by atoms with van der Waals surface area (Å²) in [4.78, 5) is 4.55. The van der Waals surface area contributed by atoms with E-state index in [0.29, 0.717) is 5.92 Å². The standard InChI is InChI=1S/C16H23NO/c1-11(2)15-8-14(10-17-9-13-5-6-13)12(3)7-16(15)18-4/h7-8,10-11,13H,5-6,9H2,1-4H3/b17-10-. The van der Waals surface area contributed by atoms with E-state index in [1.54, 1.807) is 7.11 Å². The van der Waals surface area contributed by atoms with Crippen LogP contribution in [0.15, 0.2) is 17.1 Å². The number of hydrogen-bond donors (Lipinski definition) is 0. The maximum absolute atomic E-state index is 5.45. The van der Waals surface area contributed by atoms with Crippen LogP contribution in [0.25, 0.3) is 0 Å². The molecule has 0 spiro atoms. The van der Waals surface area contributed by atoms with E-state index in [9.17, 15) is 0 Å². The second-order valence-corrected chi connectivity index (χ2v) is 5.54. The molecule has 0 heterocycles. The predicted octanol–water partition coefficient (Wildman–Crippen LogP) is 3.96. The molecule has 0 saturated heterocycles. The molecule has 0 amide bonds. The van der Waals surface area contributed by atoms with Crippen LogP contribution in [-0.4, -0.2) is 19.9 Å². The number of nitrogens with zero attached hydrogens (tertiary/aromatic N) is 1. The van der Waals surface area contributed by atoms with Crippen molar-refractivity contribution < 1.29 is 4.74 Å². The third-order valence-corrected chi connectivity index (χ3v) is 3.53. The topological polar surface area (TPSA) is 21.6 Å². The molecule has 1 aliphatic rings. The fraction of sp³-hybridized carbons (Fsp3) is 0.562. The summed E-state index contributed by atoms with van der Waals surface area (Å²) < 4.78 is 5.45. The smallest absolute Gasteiger partial charge is 0.122 e. The predicted molar refractivity (Wildman–Crippen MR) is 77.0 cm³/mol. The summed E-state index contributed by atoms with van der Waals surface area (Å²) in [6.07, 6.45) is 4.74. The van der Waals surface area contributed by atoms with E-state index in [1.165, 1.54) is 29.5 Å². The Bertz CT molecular complexity index is 445. The first-order valence-electron chi connectivity index (χ1n) is 6.80. The molecule has 1 aliphatic carbocycles. The summed E-state index contributed by atoms with van der Waals surface area (Å²) in [6.45, 7) is 7.49. The molecule has 2 heteroatoms. The molecule has 18 heavy (non-hydrogen) atoms. The number of methoxy groups -OCH3 is 1. The van der Waals surface area contributed by atoms with Crippen molar-refractivity contribution >= 4 is 6.21 Å². The van der Waals surface area contributed by atoms with Gasteiger partial charge in [-0.3, -0.25) is 4.99 Å². The molecule has 98 valence electrons. The molecule has 1 aromatic carbocycles. The third kappa shape index (κ3) is 3.12. The molecule has 0 unspecified atom stereocenters. The van der Waals surface area contributed by atoms with Crippen LogP contribution in [0.2, 0.25) is 0 Å². The SMILES string of the molecule is COc1cc(C)c(/C=N\CC2CC2)cc1C(C)C. The van der Waals surface area contributed by atoms with Crippen LogP contribution < -0.4 is 4.74 Å². The van der Waals surface area contributed by atoms with Gasteiger partial charge in [-0.1, -0.05) is 13.8 Å². The summed E-state index contributed by atoms with van der Waals surface area (Å²) in [7, 11) is 1.74. The summed E-state index contributed by atoms with van der Waals surface area (Å²) in [5.74, 6) is 2.31. The molecule has 0 radical (unpaired) electrons. The zero-order valence-corrected chi connectivity index (χ0v) is 11.9. The van der Waals surface area contributed by atoms with Gasteiger partial charge in [-0.25, -0.2) is 0 Å². The highest BCUT2D eigenvalue weighted by molar-refractivity contribution is 5.82. The van der Waals surface area contributed by atoms with Crippen molar-refractivity contribution in [2.75, 3.05) is 13.7 Å². The van der Waals surface area contributed by atoms with Crippen LogP contribution >= 0.6 is 0 Å². The number of aryl methyl sites for hydroxylation is 1. The highest BCUT2D eigenvalue weighted by atomic mass is 16.5. The fourth-order valence-electron chi connectivity index (χ4n) is 2.08. The van der Waals surface area contributed by atoms with Gasteiger partial charge in [0.05, 0.1) is 7.11 Å². The Labute approximate surface area is 110 Å². The van der Waals surface area contributed by atoms with Crippen LogP contribution in [0, 0.1) is 12.8 Å². The lowest BCUT2D eigenvalue weighted by Crippen LogP contribution is -1.99. The Morgan fingerprint density at radius 1 is 1.39 bits per heavy atom. The second-order valence-electron chi connectivity index (χ2n) is 5.54. The van der Waals surface area contributed by atoms with Gasteiger partial charge in [-0.2, -0.15) is 0 Å². The van der Waals surface area contributed by atoms with Gasteiger partial charge in [-0.05, 0) is 60.4 Å². The van der Waals surface area contributed by atoms with Crippen LogP contribution in [0.4, 0.5) is 0 Å². The van der Waals surface area contributed by atoms with Crippen LogP contribution in [0.3, 0.4) is 0 Å². The van der Waals surface area contributed by atoms with Crippen molar-refractivity contribution in [1.82, 2.24) is 0 Å². The van der Waals surface area contributed by atoms with E-state index >= 15 is 0 Å². The first kappa shape index (κ1) is 13.1. The van der Waals surface area contributed by atoms with Gasteiger partial charge in [0.15, 0.2) is 0 Å². The van der Waals surface area contributed by atoms with Gasteiger partial charge in [0.2, 0.25) is 0 Å². The third-order valence-electron chi connectivity index (χ3n) is 3.53. The molecule has 0 N–H and O–H groups in total. The lowest BCUT2D eigenvalue weighted by molar-refractivity contribution is 0.407. The van der Waals surface area contributed by atoms with E-state index in [2.05, 4.69) is 37.9 Å².